The maximum atomic E-state index is 12.9. The van der Waals surface area contributed by atoms with Gasteiger partial charge in [-0.1, -0.05) is 6.07 Å². The average molecular weight is 423 g/mol. The van der Waals surface area contributed by atoms with E-state index in [0.717, 1.165) is 4.90 Å². The molecule has 7 nitrogen and oxygen atoms in total. The second-order valence-corrected chi connectivity index (χ2v) is 8.88. The van der Waals surface area contributed by atoms with Crippen LogP contribution in [-0.4, -0.2) is 58.3 Å². The molecule has 1 saturated heterocycles. The zero-order chi connectivity index (χ0) is 20.1. The van der Waals surface area contributed by atoms with E-state index in [-0.39, 0.29) is 23.5 Å². The monoisotopic (exact) mass is 422 g/mol. The molecule has 1 amide bonds. The lowest BCUT2D eigenvalue weighted by Gasteiger charge is -2.26. The Balaban J connectivity index is 1.91. The number of benzene rings is 2. The van der Waals surface area contributed by atoms with Gasteiger partial charge in [-0.3, -0.25) is 4.79 Å². The van der Waals surface area contributed by atoms with Crippen LogP contribution in [-0.2, 0) is 14.8 Å². The van der Waals surface area contributed by atoms with Gasteiger partial charge in [0.25, 0.3) is 5.91 Å². The first-order valence-electron chi connectivity index (χ1n) is 8.67. The highest BCUT2D eigenvalue weighted by Crippen LogP contribution is 2.27. The molecule has 0 atom stereocenters. The number of amides is 1. The Hall–Kier alpha value is -2.07. The van der Waals surface area contributed by atoms with Gasteiger partial charge in [0.1, 0.15) is 5.75 Å². The van der Waals surface area contributed by atoms with Crippen molar-refractivity contribution in [2.45, 2.75) is 9.79 Å². The topological polar surface area (TPSA) is 84.9 Å². The normalized spacial score (nSPS) is 15.2. The van der Waals surface area contributed by atoms with Crippen molar-refractivity contribution < 1.29 is 22.7 Å². The van der Waals surface area contributed by atoms with Crippen LogP contribution in [0.5, 0.6) is 5.75 Å². The summed E-state index contributed by atoms with van der Waals surface area (Å²) < 4.78 is 37.7. The third-order valence-corrected chi connectivity index (χ3v) is 6.97. The number of hydrogen-bond donors (Lipinski definition) is 1. The first kappa shape index (κ1) is 20.7. The van der Waals surface area contributed by atoms with Crippen LogP contribution < -0.4 is 10.1 Å². The van der Waals surface area contributed by atoms with Crippen molar-refractivity contribution in [3.05, 3.63) is 48.0 Å². The SMILES string of the molecule is COc1ccc(S(=O)(=O)N2CCOCC2)cc1C(=O)Nc1cccc(SC)c1. The number of carbonyl (C=O) groups is 1. The maximum Gasteiger partial charge on any atom is 0.259 e. The van der Waals surface area contributed by atoms with Gasteiger partial charge in [-0.25, -0.2) is 8.42 Å². The Bertz CT molecular complexity index is 957. The largest absolute Gasteiger partial charge is 0.496 e. The number of nitrogens with zero attached hydrogens (tertiary/aromatic N) is 1. The predicted molar refractivity (Wildman–Crippen MR) is 109 cm³/mol. The molecule has 2 aromatic carbocycles. The number of nitrogens with one attached hydrogen (secondary N) is 1. The summed E-state index contributed by atoms with van der Waals surface area (Å²) in [6.07, 6.45) is 1.95. The summed E-state index contributed by atoms with van der Waals surface area (Å²) in [5, 5.41) is 2.81. The number of carbonyl (C=O) groups excluding carboxylic acids is 1. The minimum atomic E-state index is -3.71. The van der Waals surface area contributed by atoms with E-state index in [1.807, 2.05) is 24.5 Å². The quantitative estimate of drug-likeness (QED) is 0.721. The number of sulfonamides is 1. The number of anilines is 1. The highest BCUT2D eigenvalue weighted by atomic mass is 32.2. The fourth-order valence-corrected chi connectivity index (χ4v) is 4.75. The average Bonchev–Trinajstić information content (AvgIpc) is 2.74. The van der Waals surface area contributed by atoms with Gasteiger partial charge in [0, 0.05) is 23.7 Å². The molecule has 1 N–H and O–H groups in total. The molecule has 0 aliphatic carbocycles. The Labute approximate surface area is 169 Å². The number of methoxy groups -OCH3 is 1. The molecule has 0 saturated carbocycles. The number of ether oxygens (including phenoxy) is 2. The van der Waals surface area contributed by atoms with Crippen LogP contribution in [0.1, 0.15) is 10.4 Å². The first-order valence-corrected chi connectivity index (χ1v) is 11.3. The summed E-state index contributed by atoms with van der Waals surface area (Å²) in [6, 6.07) is 11.7. The summed E-state index contributed by atoms with van der Waals surface area (Å²) in [7, 11) is -2.27. The van der Waals surface area contributed by atoms with Crippen molar-refractivity contribution in [3.63, 3.8) is 0 Å². The highest BCUT2D eigenvalue weighted by molar-refractivity contribution is 7.98. The summed E-state index contributed by atoms with van der Waals surface area (Å²) in [6.45, 7) is 1.29. The number of morpholine rings is 1. The lowest BCUT2D eigenvalue weighted by molar-refractivity contribution is 0.0730. The molecule has 1 fully saturated rings. The van der Waals surface area contributed by atoms with E-state index < -0.39 is 15.9 Å². The third-order valence-electron chi connectivity index (χ3n) is 4.35. The maximum absolute atomic E-state index is 12.9. The summed E-state index contributed by atoms with van der Waals surface area (Å²) >= 11 is 1.56. The Morgan fingerprint density at radius 2 is 1.93 bits per heavy atom. The van der Waals surface area contributed by atoms with Crippen LogP contribution in [0.25, 0.3) is 0 Å². The fourth-order valence-electron chi connectivity index (χ4n) is 2.86. The Morgan fingerprint density at radius 3 is 2.61 bits per heavy atom. The van der Waals surface area contributed by atoms with Crippen molar-refractivity contribution in [1.82, 2.24) is 4.31 Å². The molecule has 0 bridgehead atoms. The van der Waals surface area contributed by atoms with Gasteiger partial charge >= 0.3 is 0 Å². The smallest absolute Gasteiger partial charge is 0.259 e. The van der Waals surface area contributed by atoms with Gasteiger partial charge in [-0.2, -0.15) is 4.31 Å². The lowest BCUT2D eigenvalue weighted by Crippen LogP contribution is -2.40. The zero-order valence-electron chi connectivity index (χ0n) is 15.7. The van der Waals surface area contributed by atoms with E-state index in [1.165, 1.54) is 29.6 Å². The number of thioether (sulfide) groups is 1. The molecule has 1 aliphatic heterocycles. The van der Waals surface area contributed by atoms with Gasteiger partial charge < -0.3 is 14.8 Å². The standard InChI is InChI=1S/C19H22N2O5S2/c1-25-18-7-6-16(28(23,24)21-8-10-26-11-9-21)13-17(18)19(22)20-14-4-3-5-15(12-14)27-2/h3-7,12-13H,8-11H2,1-2H3,(H,20,22). The summed E-state index contributed by atoms with van der Waals surface area (Å²) in [5.74, 6) is -0.131. The molecule has 28 heavy (non-hydrogen) atoms. The molecule has 0 radical (unpaired) electrons. The lowest BCUT2D eigenvalue weighted by atomic mass is 10.2. The van der Waals surface area contributed by atoms with Gasteiger partial charge in [-0.15, -0.1) is 11.8 Å². The molecule has 3 rings (SSSR count). The highest BCUT2D eigenvalue weighted by Gasteiger charge is 2.28. The molecule has 1 heterocycles. The van der Waals surface area contributed by atoms with Crippen molar-refractivity contribution in [2.75, 3.05) is 45.0 Å². The van der Waals surface area contributed by atoms with E-state index in [9.17, 15) is 13.2 Å². The second-order valence-electron chi connectivity index (χ2n) is 6.06. The number of hydrogen-bond acceptors (Lipinski definition) is 6. The van der Waals surface area contributed by atoms with Crippen molar-refractivity contribution in [1.29, 1.82) is 0 Å². The van der Waals surface area contributed by atoms with Crippen molar-refractivity contribution >= 4 is 33.4 Å². The van der Waals surface area contributed by atoms with E-state index in [0.29, 0.717) is 24.7 Å². The molecule has 0 aromatic heterocycles. The molecular weight excluding hydrogens is 400 g/mol. The van der Waals surface area contributed by atoms with E-state index >= 15 is 0 Å². The minimum absolute atomic E-state index is 0.0539. The van der Waals surface area contributed by atoms with Gasteiger partial charge in [0.15, 0.2) is 0 Å². The van der Waals surface area contributed by atoms with Crippen LogP contribution >= 0.6 is 11.8 Å². The minimum Gasteiger partial charge on any atom is -0.496 e. The molecule has 150 valence electrons. The van der Waals surface area contributed by atoms with E-state index in [2.05, 4.69) is 5.32 Å². The molecule has 0 unspecified atom stereocenters. The molecule has 1 aliphatic rings. The second kappa shape index (κ2) is 8.95. The van der Waals surface area contributed by atoms with Gasteiger partial charge in [-0.05, 0) is 42.7 Å². The zero-order valence-corrected chi connectivity index (χ0v) is 17.3. The number of rotatable bonds is 6. The fraction of sp³-hybridized carbons (Fsp3) is 0.316. The van der Waals surface area contributed by atoms with E-state index in [1.54, 1.807) is 17.8 Å². The Morgan fingerprint density at radius 1 is 1.18 bits per heavy atom. The van der Waals surface area contributed by atoms with E-state index in [4.69, 9.17) is 9.47 Å². The van der Waals surface area contributed by atoms with Crippen LogP contribution in [0.3, 0.4) is 0 Å². The molecule has 0 spiro atoms. The van der Waals surface area contributed by atoms with Crippen LogP contribution in [0.2, 0.25) is 0 Å². The van der Waals surface area contributed by atoms with Gasteiger partial charge in [0.05, 0.1) is 30.8 Å². The third kappa shape index (κ3) is 4.49. The van der Waals surface area contributed by atoms with Crippen LogP contribution in [0.15, 0.2) is 52.3 Å². The van der Waals surface area contributed by atoms with Crippen LogP contribution in [0, 0.1) is 0 Å². The van der Waals surface area contributed by atoms with Crippen molar-refractivity contribution in [3.8, 4) is 5.75 Å². The predicted octanol–water partition coefficient (Wildman–Crippen LogP) is 2.69. The van der Waals surface area contributed by atoms with Gasteiger partial charge in [0.2, 0.25) is 10.0 Å². The first-order chi connectivity index (χ1) is 13.5. The van der Waals surface area contributed by atoms with Crippen molar-refractivity contribution in [2.24, 2.45) is 0 Å². The van der Waals surface area contributed by atoms with Crippen LogP contribution in [0.4, 0.5) is 5.69 Å². The molecule has 2 aromatic rings. The summed E-state index contributed by atoms with van der Waals surface area (Å²) in [4.78, 5) is 13.9. The summed E-state index contributed by atoms with van der Waals surface area (Å²) in [5.41, 5.74) is 0.784. The Kier molecular flexibility index (Phi) is 6.61. The molecule has 9 heteroatoms. The molecular formula is C19H22N2O5S2.